The minimum atomic E-state index is -0.477. The van der Waals surface area contributed by atoms with Crippen LogP contribution in [0.3, 0.4) is 0 Å². The molecular weight excluding hydrogens is 416 g/mol. The molecule has 2 amide bonds. The number of carbonyl (C=O) groups excluding carboxylic acids is 1. The molecule has 0 radical (unpaired) electrons. The minimum absolute atomic E-state index is 0.0107. The molecule has 1 aliphatic carbocycles. The zero-order chi connectivity index (χ0) is 23.5. The maximum absolute atomic E-state index is 12.5. The van der Waals surface area contributed by atoms with Crippen LogP contribution in [-0.4, -0.2) is 67.8 Å². The van der Waals surface area contributed by atoms with Gasteiger partial charge in [0.2, 0.25) is 5.95 Å². The smallest absolute Gasteiger partial charge is 0.320 e. The van der Waals surface area contributed by atoms with Gasteiger partial charge in [0.15, 0.2) is 0 Å². The van der Waals surface area contributed by atoms with Crippen LogP contribution in [0.5, 0.6) is 0 Å². The van der Waals surface area contributed by atoms with Crippen molar-refractivity contribution in [2.45, 2.75) is 38.1 Å². The maximum atomic E-state index is 12.5. The number of rotatable bonds is 6. The number of urea groups is 1. The Morgan fingerprint density at radius 2 is 1.76 bits per heavy atom. The average molecular weight is 453 g/mol. The topological polar surface area (TPSA) is 87.8 Å². The van der Waals surface area contributed by atoms with Gasteiger partial charge in [0.1, 0.15) is 5.82 Å². The van der Waals surface area contributed by atoms with Crippen molar-refractivity contribution >= 4 is 17.8 Å². The molecule has 0 spiro atoms. The zero-order valence-corrected chi connectivity index (χ0v) is 20.0. The number of amides is 2. The normalized spacial score (nSPS) is 25.8. The molecular formula is C25H36N6O2. The molecule has 33 heavy (non-hydrogen) atoms. The van der Waals surface area contributed by atoms with E-state index in [1.165, 1.54) is 5.56 Å². The fourth-order valence-corrected chi connectivity index (χ4v) is 5.23. The van der Waals surface area contributed by atoms with E-state index in [1.807, 2.05) is 0 Å². The Morgan fingerprint density at radius 1 is 1.09 bits per heavy atom. The lowest BCUT2D eigenvalue weighted by Crippen LogP contribution is -2.50. The molecule has 2 fully saturated rings. The van der Waals surface area contributed by atoms with Crippen molar-refractivity contribution in [3.8, 4) is 0 Å². The van der Waals surface area contributed by atoms with Gasteiger partial charge in [0.25, 0.3) is 0 Å². The van der Waals surface area contributed by atoms with Crippen molar-refractivity contribution in [1.29, 1.82) is 0 Å². The van der Waals surface area contributed by atoms with Crippen LogP contribution < -0.4 is 15.5 Å². The van der Waals surface area contributed by atoms with Crippen LogP contribution in [0.15, 0.2) is 42.6 Å². The first-order chi connectivity index (χ1) is 15.8. The molecule has 1 aromatic heterocycles. The van der Waals surface area contributed by atoms with E-state index in [9.17, 15) is 4.79 Å². The van der Waals surface area contributed by atoms with Gasteiger partial charge in [-0.2, -0.15) is 4.98 Å². The van der Waals surface area contributed by atoms with Gasteiger partial charge in [-0.15, -0.1) is 0 Å². The molecule has 178 valence electrons. The van der Waals surface area contributed by atoms with E-state index in [-0.39, 0.29) is 11.0 Å². The van der Waals surface area contributed by atoms with Gasteiger partial charge < -0.3 is 15.4 Å². The molecule has 1 saturated heterocycles. The van der Waals surface area contributed by atoms with Crippen molar-refractivity contribution in [2.24, 2.45) is 11.1 Å². The summed E-state index contributed by atoms with van der Waals surface area (Å²) in [7, 11) is 4.33. The molecule has 0 unspecified atom stereocenters. The molecule has 2 aromatic rings. The minimum Gasteiger partial charge on any atom is -0.378 e. The number of nitrogens with zero attached hydrogens (tertiary/aromatic N) is 5. The van der Waals surface area contributed by atoms with E-state index >= 15 is 0 Å². The van der Waals surface area contributed by atoms with E-state index in [2.05, 4.69) is 66.1 Å². The molecule has 1 aromatic carbocycles. The van der Waals surface area contributed by atoms with Crippen LogP contribution in [0, 0.1) is 5.41 Å². The molecule has 8 nitrogen and oxygen atoms in total. The monoisotopic (exact) mass is 452 g/mol. The number of benzene rings is 1. The summed E-state index contributed by atoms with van der Waals surface area (Å²) in [5.74, 6) is 1.18. The zero-order valence-electron chi connectivity index (χ0n) is 20.0. The highest BCUT2D eigenvalue weighted by Crippen LogP contribution is 2.48. The molecule has 0 bridgehead atoms. The molecule has 4 rings (SSSR count). The van der Waals surface area contributed by atoms with Gasteiger partial charge in [0, 0.05) is 31.4 Å². The van der Waals surface area contributed by atoms with Gasteiger partial charge in [-0.25, -0.2) is 9.78 Å². The Bertz CT molecular complexity index is 937. The van der Waals surface area contributed by atoms with E-state index in [0.717, 1.165) is 38.8 Å². The summed E-state index contributed by atoms with van der Waals surface area (Å²) in [4.78, 5) is 27.7. The van der Waals surface area contributed by atoms with Gasteiger partial charge in [-0.05, 0) is 56.8 Å². The van der Waals surface area contributed by atoms with Gasteiger partial charge in [-0.1, -0.05) is 37.3 Å². The predicted octanol–water partition coefficient (Wildman–Crippen LogP) is 3.24. The molecule has 2 heterocycles. The standard InChI is InChI=1S/C25H36N6O2/c1-24(10-12-25(13-11-24,29(2)3)20-7-5-4-6-8-20)19-31(22(26)32)21-9-14-27-23(28-21)30-15-17-33-18-16-30/h4-9,14H,10-13,15-19H2,1-3H3,(H2,26,32)/t24-,25-. The lowest BCUT2D eigenvalue weighted by molar-refractivity contribution is 0.0459. The molecule has 8 heteroatoms. The van der Waals surface area contributed by atoms with Gasteiger partial charge in [-0.3, -0.25) is 9.80 Å². The maximum Gasteiger partial charge on any atom is 0.320 e. The first-order valence-corrected chi connectivity index (χ1v) is 11.8. The summed E-state index contributed by atoms with van der Waals surface area (Å²) in [5.41, 5.74) is 7.17. The van der Waals surface area contributed by atoms with Crippen LogP contribution in [0.25, 0.3) is 0 Å². The van der Waals surface area contributed by atoms with E-state index < -0.39 is 6.03 Å². The van der Waals surface area contributed by atoms with Crippen molar-refractivity contribution in [3.05, 3.63) is 48.2 Å². The number of carbonyl (C=O) groups is 1. The third-order valence-electron chi connectivity index (χ3n) is 7.46. The average Bonchev–Trinajstić information content (AvgIpc) is 2.84. The first kappa shape index (κ1) is 23.4. The fraction of sp³-hybridized carbons (Fsp3) is 0.560. The number of hydrogen-bond donors (Lipinski definition) is 1. The quantitative estimate of drug-likeness (QED) is 0.724. The number of aromatic nitrogens is 2. The molecule has 1 saturated carbocycles. The van der Waals surface area contributed by atoms with E-state index in [4.69, 9.17) is 15.5 Å². The number of ether oxygens (including phenoxy) is 1. The second-order valence-corrected chi connectivity index (χ2v) is 9.84. The number of morpholine rings is 1. The Kier molecular flexibility index (Phi) is 6.86. The fourth-order valence-electron chi connectivity index (χ4n) is 5.23. The summed E-state index contributed by atoms with van der Waals surface area (Å²) >= 11 is 0. The summed E-state index contributed by atoms with van der Waals surface area (Å²) < 4.78 is 5.43. The summed E-state index contributed by atoms with van der Waals surface area (Å²) in [6.07, 6.45) is 5.74. The Labute approximate surface area is 196 Å². The Balaban J connectivity index is 1.51. The number of nitrogens with two attached hydrogens (primary N) is 1. The molecule has 0 atom stereocenters. The van der Waals surface area contributed by atoms with Gasteiger partial charge in [0.05, 0.1) is 13.2 Å². The van der Waals surface area contributed by atoms with Crippen molar-refractivity contribution < 1.29 is 9.53 Å². The second kappa shape index (κ2) is 9.65. The summed E-state index contributed by atoms with van der Waals surface area (Å²) in [5, 5.41) is 0. The first-order valence-electron chi connectivity index (χ1n) is 11.8. The van der Waals surface area contributed by atoms with Crippen LogP contribution in [-0.2, 0) is 10.3 Å². The summed E-state index contributed by atoms with van der Waals surface area (Å²) in [6, 6.07) is 12.1. The number of primary amides is 1. The lowest BCUT2D eigenvalue weighted by atomic mass is 9.65. The van der Waals surface area contributed by atoms with E-state index in [0.29, 0.717) is 31.5 Å². The lowest BCUT2D eigenvalue weighted by Gasteiger charge is -2.49. The summed E-state index contributed by atoms with van der Waals surface area (Å²) in [6.45, 7) is 5.59. The highest BCUT2D eigenvalue weighted by Gasteiger charge is 2.44. The number of anilines is 2. The van der Waals surface area contributed by atoms with Crippen molar-refractivity contribution in [3.63, 3.8) is 0 Å². The molecule has 1 aliphatic heterocycles. The SMILES string of the molecule is CN(C)[C@]1(c2ccccc2)CC[C@@](C)(CN(C(N)=O)c2ccnc(N3CCOCC3)n2)CC1. The third-order valence-corrected chi connectivity index (χ3v) is 7.46. The largest absolute Gasteiger partial charge is 0.378 e. The van der Waals surface area contributed by atoms with Crippen LogP contribution in [0.2, 0.25) is 0 Å². The molecule has 2 aliphatic rings. The van der Waals surface area contributed by atoms with Crippen LogP contribution >= 0.6 is 0 Å². The van der Waals surface area contributed by atoms with Crippen LogP contribution in [0.4, 0.5) is 16.6 Å². The third kappa shape index (κ3) is 4.96. The van der Waals surface area contributed by atoms with Crippen LogP contribution in [0.1, 0.15) is 38.2 Å². The predicted molar refractivity (Wildman–Crippen MR) is 130 cm³/mol. The Morgan fingerprint density at radius 3 is 2.36 bits per heavy atom. The van der Waals surface area contributed by atoms with Crippen molar-refractivity contribution in [1.82, 2.24) is 14.9 Å². The highest BCUT2D eigenvalue weighted by molar-refractivity contribution is 5.89. The van der Waals surface area contributed by atoms with E-state index in [1.54, 1.807) is 17.2 Å². The van der Waals surface area contributed by atoms with Gasteiger partial charge >= 0.3 is 6.03 Å². The number of hydrogen-bond acceptors (Lipinski definition) is 6. The Hall–Kier alpha value is -2.71. The van der Waals surface area contributed by atoms with Crippen molar-refractivity contribution in [2.75, 3.05) is 56.7 Å². The highest BCUT2D eigenvalue weighted by atomic mass is 16.5. The second-order valence-electron chi connectivity index (χ2n) is 9.84. The molecule has 2 N–H and O–H groups in total.